The topological polar surface area (TPSA) is 36.4 Å². The summed E-state index contributed by atoms with van der Waals surface area (Å²) in [5.74, 6) is 1.63. The number of likely N-dealkylation sites (N-methyl/N-ethyl adjacent to an activating group) is 1. The van der Waals surface area contributed by atoms with Crippen LogP contribution >= 0.6 is 0 Å². The van der Waals surface area contributed by atoms with Gasteiger partial charge in [0.15, 0.2) is 0 Å². The van der Waals surface area contributed by atoms with E-state index >= 15 is 0 Å². The summed E-state index contributed by atoms with van der Waals surface area (Å²) >= 11 is 0. The van der Waals surface area contributed by atoms with Crippen LogP contribution in [-0.4, -0.2) is 53.9 Å². The molecule has 1 aliphatic heterocycles. The Kier molecular flexibility index (Phi) is 4.48. The molecule has 2 heterocycles. The number of piperidine rings is 1. The third-order valence-corrected chi connectivity index (χ3v) is 5.48. The fourth-order valence-electron chi connectivity index (χ4n) is 4.06. The highest BCUT2D eigenvalue weighted by Gasteiger charge is 2.41. The lowest BCUT2D eigenvalue weighted by atomic mass is 9.88. The third kappa shape index (κ3) is 3.32. The Morgan fingerprint density at radius 1 is 1.32 bits per heavy atom. The van der Waals surface area contributed by atoms with Gasteiger partial charge in [0.2, 0.25) is 5.91 Å². The lowest BCUT2D eigenvalue weighted by Gasteiger charge is -2.31. The van der Waals surface area contributed by atoms with Crippen LogP contribution in [0.1, 0.15) is 30.7 Å². The number of nitrogens with zero attached hydrogens (tertiary/aromatic N) is 3. The molecule has 3 rings (SSSR count). The summed E-state index contributed by atoms with van der Waals surface area (Å²) in [7, 11) is 4.17. The van der Waals surface area contributed by atoms with E-state index in [1.807, 2.05) is 24.9 Å². The Morgan fingerprint density at radius 3 is 2.86 bits per heavy atom. The summed E-state index contributed by atoms with van der Waals surface area (Å²) in [5.41, 5.74) is 2.27. The normalized spacial score (nSPS) is 28.3. The standard InChI is InChI=1S/C18H27N3O/c1-13-5-4-6-16(19-13)7-8-20(2)17-9-14-11-18(22)21(3)12-15(14)10-17/h4-6,14-15,17H,7-12H2,1-3H3/t14-,15+,17-/m1/s1. The van der Waals surface area contributed by atoms with Crippen molar-refractivity contribution in [1.29, 1.82) is 0 Å². The van der Waals surface area contributed by atoms with Crippen molar-refractivity contribution in [3.63, 3.8) is 0 Å². The molecule has 1 aromatic rings. The molecule has 120 valence electrons. The van der Waals surface area contributed by atoms with Gasteiger partial charge in [0.25, 0.3) is 0 Å². The van der Waals surface area contributed by atoms with Crippen LogP contribution in [0.4, 0.5) is 0 Å². The van der Waals surface area contributed by atoms with Gasteiger partial charge in [-0.25, -0.2) is 0 Å². The molecule has 0 radical (unpaired) electrons. The Labute approximate surface area is 133 Å². The quantitative estimate of drug-likeness (QED) is 0.855. The predicted octanol–water partition coefficient (Wildman–Crippen LogP) is 2.12. The van der Waals surface area contributed by atoms with Crippen molar-refractivity contribution < 1.29 is 4.79 Å². The second-order valence-electron chi connectivity index (χ2n) is 7.12. The predicted molar refractivity (Wildman–Crippen MR) is 87.6 cm³/mol. The lowest BCUT2D eigenvalue weighted by Crippen LogP contribution is -2.39. The highest BCUT2D eigenvalue weighted by molar-refractivity contribution is 5.77. The number of aryl methyl sites for hydroxylation is 1. The van der Waals surface area contributed by atoms with Gasteiger partial charge in [-0.05, 0) is 50.8 Å². The summed E-state index contributed by atoms with van der Waals surface area (Å²) in [6, 6.07) is 6.87. The second kappa shape index (κ2) is 6.37. The van der Waals surface area contributed by atoms with Gasteiger partial charge in [-0.15, -0.1) is 0 Å². The molecule has 1 aromatic heterocycles. The number of carbonyl (C=O) groups is 1. The molecule has 0 unspecified atom stereocenters. The smallest absolute Gasteiger partial charge is 0.222 e. The lowest BCUT2D eigenvalue weighted by molar-refractivity contribution is -0.134. The number of hydrogen-bond acceptors (Lipinski definition) is 3. The van der Waals surface area contributed by atoms with E-state index in [1.165, 1.54) is 18.5 Å². The Bertz CT molecular complexity index is 545. The maximum atomic E-state index is 11.9. The fourth-order valence-corrected chi connectivity index (χ4v) is 4.06. The van der Waals surface area contributed by atoms with Crippen molar-refractivity contribution in [2.45, 2.75) is 38.6 Å². The molecule has 3 atom stereocenters. The van der Waals surface area contributed by atoms with Gasteiger partial charge in [-0.1, -0.05) is 6.07 Å². The summed E-state index contributed by atoms with van der Waals surface area (Å²) in [6.45, 7) is 4.04. The van der Waals surface area contributed by atoms with Gasteiger partial charge in [0.05, 0.1) is 0 Å². The zero-order chi connectivity index (χ0) is 15.7. The molecule has 0 bridgehead atoms. The molecular weight excluding hydrogens is 274 g/mol. The van der Waals surface area contributed by atoms with Crippen LogP contribution in [0.25, 0.3) is 0 Å². The van der Waals surface area contributed by atoms with E-state index in [0.29, 0.717) is 23.8 Å². The van der Waals surface area contributed by atoms with Crippen LogP contribution < -0.4 is 0 Å². The highest BCUT2D eigenvalue weighted by atomic mass is 16.2. The zero-order valence-electron chi connectivity index (χ0n) is 14.0. The fraction of sp³-hybridized carbons (Fsp3) is 0.667. The molecule has 0 spiro atoms. The van der Waals surface area contributed by atoms with E-state index < -0.39 is 0 Å². The van der Waals surface area contributed by atoms with E-state index in [1.54, 1.807) is 0 Å². The number of amides is 1. The molecule has 22 heavy (non-hydrogen) atoms. The average molecular weight is 301 g/mol. The highest BCUT2D eigenvalue weighted by Crippen LogP contribution is 2.39. The number of pyridine rings is 1. The number of fused-ring (bicyclic) bond motifs is 1. The molecule has 1 amide bonds. The van der Waals surface area contributed by atoms with Crippen LogP contribution in [-0.2, 0) is 11.2 Å². The first-order valence-electron chi connectivity index (χ1n) is 8.39. The maximum absolute atomic E-state index is 11.9. The molecule has 1 aliphatic carbocycles. The molecule has 2 aliphatic rings. The van der Waals surface area contributed by atoms with Crippen molar-refractivity contribution >= 4 is 5.91 Å². The minimum absolute atomic E-state index is 0.327. The number of likely N-dealkylation sites (tertiary alicyclic amines) is 1. The molecular formula is C18H27N3O. The van der Waals surface area contributed by atoms with E-state index in [4.69, 9.17) is 0 Å². The number of carbonyl (C=O) groups excluding carboxylic acids is 1. The molecule has 1 saturated heterocycles. The number of aromatic nitrogens is 1. The Morgan fingerprint density at radius 2 is 2.09 bits per heavy atom. The second-order valence-corrected chi connectivity index (χ2v) is 7.12. The number of hydrogen-bond donors (Lipinski definition) is 0. The van der Waals surface area contributed by atoms with Gasteiger partial charge in [-0.2, -0.15) is 0 Å². The van der Waals surface area contributed by atoms with Crippen LogP contribution in [0.15, 0.2) is 18.2 Å². The first kappa shape index (κ1) is 15.5. The monoisotopic (exact) mass is 301 g/mol. The summed E-state index contributed by atoms with van der Waals surface area (Å²) in [4.78, 5) is 20.8. The van der Waals surface area contributed by atoms with E-state index in [9.17, 15) is 4.79 Å². The van der Waals surface area contributed by atoms with Gasteiger partial charge in [0.1, 0.15) is 0 Å². The molecule has 0 aromatic carbocycles. The van der Waals surface area contributed by atoms with Crippen LogP contribution in [0, 0.1) is 18.8 Å². The van der Waals surface area contributed by atoms with Crippen LogP contribution in [0.5, 0.6) is 0 Å². The first-order valence-corrected chi connectivity index (χ1v) is 8.39. The van der Waals surface area contributed by atoms with Crippen molar-refractivity contribution in [2.24, 2.45) is 11.8 Å². The van der Waals surface area contributed by atoms with Gasteiger partial charge in [-0.3, -0.25) is 9.78 Å². The minimum Gasteiger partial charge on any atom is -0.345 e. The van der Waals surface area contributed by atoms with E-state index in [-0.39, 0.29) is 0 Å². The summed E-state index contributed by atoms with van der Waals surface area (Å²) in [5, 5.41) is 0. The Balaban J connectivity index is 1.53. The zero-order valence-corrected chi connectivity index (χ0v) is 14.0. The van der Waals surface area contributed by atoms with Crippen molar-refractivity contribution in [3.05, 3.63) is 29.6 Å². The average Bonchev–Trinajstić information content (AvgIpc) is 2.88. The SMILES string of the molecule is Cc1cccc(CCN(C)[C@@H]2C[C@@H]3CC(=O)N(C)C[C@@H]3C2)n1. The van der Waals surface area contributed by atoms with Crippen molar-refractivity contribution in [2.75, 3.05) is 27.2 Å². The first-order chi connectivity index (χ1) is 10.5. The minimum atomic E-state index is 0.327. The van der Waals surface area contributed by atoms with Crippen LogP contribution in [0.3, 0.4) is 0 Å². The molecule has 4 nitrogen and oxygen atoms in total. The largest absolute Gasteiger partial charge is 0.345 e. The molecule has 4 heteroatoms. The van der Waals surface area contributed by atoms with Crippen LogP contribution in [0.2, 0.25) is 0 Å². The molecule has 1 saturated carbocycles. The third-order valence-electron chi connectivity index (χ3n) is 5.48. The van der Waals surface area contributed by atoms with Crippen molar-refractivity contribution in [1.82, 2.24) is 14.8 Å². The van der Waals surface area contributed by atoms with Crippen molar-refractivity contribution in [3.8, 4) is 0 Å². The van der Waals surface area contributed by atoms with E-state index in [0.717, 1.165) is 31.6 Å². The molecule has 2 fully saturated rings. The Hall–Kier alpha value is -1.42. The molecule has 0 N–H and O–H groups in total. The van der Waals surface area contributed by atoms with E-state index in [2.05, 4.69) is 29.1 Å². The summed E-state index contributed by atoms with van der Waals surface area (Å²) < 4.78 is 0. The van der Waals surface area contributed by atoms with Gasteiger partial charge in [0, 0.05) is 50.4 Å². The maximum Gasteiger partial charge on any atom is 0.222 e. The van der Waals surface area contributed by atoms with Gasteiger partial charge >= 0.3 is 0 Å². The van der Waals surface area contributed by atoms with Gasteiger partial charge < -0.3 is 9.80 Å². The number of rotatable bonds is 4. The summed E-state index contributed by atoms with van der Waals surface area (Å²) in [6.07, 6.45) is 4.18.